The summed E-state index contributed by atoms with van der Waals surface area (Å²) in [5, 5.41) is 11.9. The molecule has 0 unspecified atom stereocenters. The molecule has 164 valence electrons. The van der Waals surface area contributed by atoms with E-state index in [0.29, 0.717) is 32.5 Å². The number of rotatable bonds is 4. The molecule has 5 rings (SSSR count). The molecule has 0 aliphatic carbocycles. The minimum Gasteiger partial charge on any atom is -0.507 e. The normalized spacial score (nSPS) is 17.6. The van der Waals surface area contributed by atoms with Crippen LogP contribution in [0.1, 0.15) is 17.2 Å². The van der Waals surface area contributed by atoms with Crippen molar-refractivity contribution in [2.45, 2.75) is 6.04 Å². The Morgan fingerprint density at radius 1 is 1.06 bits per heavy atom. The molecule has 1 saturated heterocycles. The van der Waals surface area contributed by atoms with Crippen LogP contribution in [-0.2, 0) is 9.59 Å². The second-order valence-corrected chi connectivity index (χ2v) is 8.87. The van der Waals surface area contributed by atoms with Gasteiger partial charge in [-0.3, -0.25) is 14.5 Å². The Labute approximate surface area is 198 Å². The van der Waals surface area contributed by atoms with Crippen molar-refractivity contribution in [1.82, 2.24) is 4.98 Å². The number of aliphatic hydroxyl groups is 1. The lowest BCUT2D eigenvalue weighted by Gasteiger charge is -2.23. The first-order chi connectivity index (χ1) is 16.0. The van der Waals surface area contributed by atoms with Gasteiger partial charge in [-0.2, -0.15) is 0 Å². The van der Waals surface area contributed by atoms with E-state index in [9.17, 15) is 14.7 Å². The molecule has 0 spiro atoms. The molecule has 1 fully saturated rings. The summed E-state index contributed by atoms with van der Waals surface area (Å²) in [5.41, 5.74) is 1.70. The largest absolute Gasteiger partial charge is 0.507 e. The summed E-state index contributed by atoms with van der Waals surface area (Å²) in [4.78, 5) is 32.4. The summed E-state index contributed by atoms with van der Waals surface area (Å²) in [5.74, 6) is -1.12. The number of hydrogen-bond donors (Lipinski definition) is 1. The predicted molar refractivity (Wildman–Crippen MR) is 129 cm³/mol. The molecule has 0 radical (unpaired) electrons. The van der Waals surface area contributed by atoms with E-state index < -0.39 is 17.7 Å². The number of amides is 1. The van der Waals surface area contributed by atoms with Gasteiger partial charge in [-0.15, -0.1) is 0 Å². The molecule has 1 aliphatic rings. The summed E-state index contributed by atoms with van der Waals surface area (Å²) < 4.78 is 6.09. The number of nitrogens with zero attached hydrogens (tertiary/aromatic N) is 2. The van der Waals surface area contributed by atoms with Crippen LogP contribution in [0.15, 0.2) is 78.4 Å². The fourth-order valence-electron chi connectivity index (χ4n) is 3.90. The van der Waals surface area contributed by atoms with E-state index in [1.165, 1.54) is 16.2 Å². The van der Waals surface area contributed by atoms with Crippen molar-refractivity contribution in [3.8, 4) is 5.75 Å². The van der Waals surface area contributed by atoms with Crippen LogP contribution in [0.2, 0.25) is 5.02 Å². The number of benzene rings is 3. The van der Waals surface area contributed by atoms with E-state index >= 15 is 0 Å². The molecule has 1 atom stereocenters. The van der Waals surface area contributed by atoms with Gasteiger partial charge in [-0.25, -0.2) is 4.98 Å². The van der Waals surface area contributed by atoms with Crippen LogP contribution < -0.4 is 9.64 Å². The molecule has 0 saturated carbocycles. The Morgan fingerprint density at radius 2 is 1.85 bits per heavy atom. The zero-order chi connectivity index (χ0) is 23.1. The first-order valence-electron chi connectivity index (χ1n) is 10.0. The van der Waals surface area contributed by atoms with Gasteiger partial charge in [-0.1, -0.05) is 65.4 Å². The van der Waals surface area contributed by atoms with Crippen molar-refractivity contribution < 1.29 is 19.4 Å². The van der Waals surface area contributed by atoms with Crippen molar-refractivity contribution in [3.05, 3.63) is 94.5 Å². The minimum absolute atomic E-state index is 0.00898. The molecule has 1 N–H and O–H groups in total. The topological polar surface area (TPSA) is 79.7 Å². The molecule has 1 aromatic heterocycles. The maximum Gasteiger partial charge on any atom is 0.301 e. The van der Waals surface area contributed by atoms with E-state index in [1.54, 1.807) is 73.8 Å². The van der Waals surface area contributed by atoms with Gasteiger partial charge in [0.25, 0.3) is 5.78 Å². The SMILES string of the molecule is COc1ccc2nc(N3C(=O)C(=O)/C(=C(/O)c4ccccc4)[C@@H]3c3cccc(Cl)c3)sc2c1. The van der Waals surface area contributed by atoms with E-state index in [4.69, 9.17) is 16.3 Å². The van der Waals surface area contributed by atoms with Gasteiger partial charge in [0.15, 0.2) is 5.13 Å². The second-order valence-electron chi connectivity index (χ2n) is 7.42. The van der Waals surface area contributed by atoms with Crippen LogP contribution in [0.25, 0.3) is 16.0 Å². The number of fused-ring (bicyclic) bond motifs is 1. The molecule has 33 heavy (non-hydrogen) atoms. The number of Topliss-reactive ketones (excluding diaryl/α,β-unsaturated/α-hetero) is 1. The fourth-order valence-corrected chi connectivity index (χ4v) is 5.12. The summed E-state index contributed by atoms with van der Waals surface area (Å²) in [7, 11) is 1.57. The van der Waals surface area contributed by atoms with Crippen LogP contribution in [-0.4, -0.2) is 28.9 Å². The van der Waals surface area contributed by atoms with Gasteiger partial charge < -0.3 is 9.84 Å². The Hall–Kier alpha value is -3.68. The summed E-state index contributed by atoms with van der Waals surface area (Å²) >= 11 is 7.50. The number of carbonyl (C=O) groups is 2. The molecule has 3 aromatic carbocycles. The monoisotopic (exact) mass is 476 g/mol. The molecule has 2 heterocycles. The highest BCUT2D eigenvalue weighted by Crippen LogP contribution is 2.44. The van der Waals surface area contributed by atoms with Gasteiger partial charge in [0.2, 0.25) is 0 Å². The first kappa shape index (κ1) is 21.2. The zero-order valence-electron chi connectivity index (χ0n) is 17.4. The van der Waals surface area contributed by atoms with Crippen LogP contribution in [0.4, 0.5) is 5.13 Å². The van der Waals surface area contributed by atoms with Crippen LogP contribution >= 0.6 is 22.9 Å². The fraction of sp³-hybridized carbons (Fsp3) is 0.0800. The Balaban J connectivity index is 1.73. The van der Waals surface area contributed by atoms with Crippen molar-refractivity contribution in [2.24, 2.45) is 0 Å². The maximum absolute atomic E-state index is 13.3. The number of anilines is 1. The quantitative estimate of drug-likeness (QED) is 0.236. The van der Waals surface area contributed by atoms with Crippen molar-refractivity contribution in [2.75, 3.05) is 12.0 Å². The van der Waals surface area contributed by atoms with Crippen molar-refractivity contribution in [1.29, 1.82) is 0 Å². The zero-order valence-corrected chi connectivity index (χ0v) is 18.9. The maximum atomic E-state index is 13.3. The smallest absolute Gasteiger partial charge is 0.301 e. The van der Waals surface area contributed by atoms with E-state index in [2.05, 4.69) is 4.98 Å². The van der Waals surface area contributed by atoms with Crippen LogP contribution in [0.3, 0.4) is 0 Å². The van der Waals surface area contributed by atoms with Crippen molar-refractivity contribution >= 4 is 55.7 Å². The van der Waals surface area contributed by atoms with Gasteiger partial charge in [-0.05, 0) is 35.9 Å². The van der Waals surface area contributed by atoms with Crippen LogP contribution in [0.5, 0.6) is 5.75 Å². The third-order valence-electron chi connectivity index (χ3n) is 5.45. The molecule has 1 aliphatic heterocycles. The lowest BCUT2D eigenvalue weighted by Crippen LogP contribution is -2.29. The summed E-state index contributed by atoms with van der Waals surface area (Å²) in [6.07, 6.45) is 0. The second kappa shape index (κ2) is 8.35. The minimum atomic E-state index is -0.883. The molecule has 8 heteroatoms. The molecule has 0 bridgehead atoms. The predicted octanol–water partition coefficient (Wildman–Crippen LogP) is 5.58. The number of hydrogen-bond acceptors (Lipinski definition) is 6. The Bertz CT molecular complexity index is 1430. The highest BCUT2D eigenvalue weighted by molar-refractivity contribution is 7.22. The summed E-state index contributed by atoms with van der Waals surface area (Å²) in [6.45, 7) is 0. The molecule has 1 amide bonds. The number of thiazole rings is 1. The molecular formula is C25H17ClN2O4S. The van der Waals surface area contributed by atoms with Crippen LogP contribution in [0, 0.1) is 0 Å². The Morgan fingerprint density at radius 3 is 2.58 bits per heavy atom. The first-order valence-corrected chi connectivity index (χ1v) is 11.2. The average molecular weight is 477 g/mol. The molecule has 4 aromatic rings. The van der Waals surface area contributed by atoms with Crippen molar-refractivity contribution in [3.63, 3.8) is 0 Å². The third-order valence-corrected chi connectivity index (χ3v) is 6.70. The molecule has 6 nitrogen and oxygen atoms in total. The number of aliphatic hydroxyl groups excluding tert-OH is 1. The third kappa shape index (κ3) is 3.65. The van der Waals surface area contributed by atoms with Gasteiger partial charge in [0.05, 0.1) is 28.9 Å². The highest BCUT2D eigenvalue weighted by atomic mass is 35.5. The number of carbonyl (C=O) groups excluding carboxylic acids is 2. The van der Waals surface area contributed by atoms with E-state index in [-0.39, 0.29) is 11.3 Å². The average Bonchev–Trinajstić information content (AvgIpc) is 3.37. The van der Waals surface area contributed by atoms with Gasteiger partial charge in [0.1, 0.15) is 11.5 Å². The number of ketones is 1. The molecular weight excluding hydrogens is 460 g/mol. The highest BCUT2D eigenvalue weighted by Gasteiger charge is 2.48. The van der Waals surface area contributed by atoms with E-state index in [0.717, 1.165) is 4.70 Å². The number of methoxy groups -OCH3 is 1. The van der Waals surface area contributed by atoms with Gasteiger partial charge in [0, 0.05) is 10.6 Å². The number of ether oxygens (including phenoxy) is 1. The lowest BCUT2D eigenvalue weighted by atomic mass is 9.95. The Kier molecular flexibility index (Phi) is 5.36. The van der Waals surface area contributed by atoms with E-state index in [1.807, 2.05) is 6.07 Å². The lowest BCUT2D eigenvalue weighted by molar-refractivity contribution is -0.132. The summed E-state index contributed by atoms with van der Waals surface area (Å²) in [6, 6.07) is 20.1. The number of halogens is 1. The number of aromatic nitrogens is 1. The standard InChI is InChI=1S/C25H17ClN2O4S/c1-32-17-10-11-18-19(13-17)33-25(27-18)28-21(15-8-5-9-16(26)12-15)20(23(30)24(28)31)22(29)14-6-3-2-4-7-14/h2-13,21,29H,1H3/b22-20+/t21-/m0/s1. The van der Waals surface area contributed by atoms with Gasteiger partial charge >= 0.3 is 5.91 Å².